The molecule has 2 fully saturated rings. The van der Waals surface area contributed by atoms with E-state index in [1.165, 1.54) is 11.9 Å². The van der Waals surface area contributed by atoms with Gasteiger partial charge in [0.05, 0.1) is 25.0 Å². The molecule has 1 saturated heterocycles. The summed E-state index contributed by atoms with van der Waals surface area (Å²) in [5, 5.41) is 21.1. The van der Waals surface area contributed by atoms with Crippen molar-refractivity contribution >= 4 is 11.8 Å². The van der Waals surface area contributed by atoms with E-state index in [0.717, 1.165) is 25.7 Å². The van der Waals surface area contributed by atoms with Gasteiger partial charge in [-0.15, -0.1) is 5.10 Å². The van der Waals surface area contributed by atoms with Crippen LogP contribution >= 0.6 is 0 Å². The number of rotatable bonds is 6. The summed E-state index contributed by atoms with van der Waals surface area (Å²) in [6.45, 7) is 6.28. The van der Waals surface area contributed by atoms with Crippen molar-refractivity contribution in [1.82, 2.24) is 25.2 Å². The Morgan fingerprint density at radius 2 is 2.00 bits per heavy atom. The maximum absolute atomic E-state index is 13.5. The van der Waals surface area contributed by atoms with E-state index in [1.807, 2.05) is 20.8 Å². The van der Waals surface area contributed by atoms with E-state index >= 15 is 0 Å². The molecule has 1 aromatic rings. The van der Waals surface area contributed by atoms with Gasteiger partial charge in [-0.3, -0.25) is 9.59 Å². The topological polar surface area (TPSA) is 136 Å². The number of likely N-dealkylation sites (tertiary alicyclic amines) is 1. The number of nitrogens with two attached hydrogens (primary N) is 1. The summed E-state index contributed by atoms with van der Waals surface area (Å²) >= 11 is 0. The molecule has 31 heavy (non-hydrogen) atoms. The first-order chi connectivity index (χ1) is 14.6. The van der Waals surface area contributed by atoms with Crippen molar-refractivity contribution in [1.29, 1.82) is 0 Å². The van der Waals surface area contributed by atoms with E-state index < -0.39 is 23.6 Å². The van der Waals surface area contributed by atoms with Crippen LogP contribution < -0.4 is 11.1 Å². The minimum Gasteiger partial charge on any atom is -0.391 e. The monoisotopic (exact) mass is 436 g/mol. The first-order valence-corrected chi connectivity index (χ1v) is 11.1. The second kappa shape index (κ2) is 9.62. The average molecular weight is 437 g/mol. The van der Waals surface area contributed by atoms with Crippen LogP contribution in [0.25, 0.3) is 0 Å². The van der Waals surface area contributed by atoms with Crippen LogP contribution in [0.1, 0.15) is 64.6 Å². The van der Waals surface area contributed by atoms with E-state index in [4.69, 9.17) is 10.5 Å². The summed E-state index contributed by atoms with van der Waals surface area (Å²) in [6.07, 6.45) is 5.22. The predicted molar refractivity (Wildman–Crippen MR) is 114 cm³/mol. The standard InChI is InChI=1S/C21H36N6O4/c1-21(2,3)18(20(30)26-11-15(28)9-17(26)19(29)23-4)27-10-14(24-25-27)12-31-16-7-5-13(22)6-8-16/h10,13,15-18,28H,5-9,11-12,22H2,1-4H3,(H,23,29)/t13?,15?,16?,17?,18-/m1/s1. The molecule has 10 nitrogen and oxygen atoms in total. The van der Waals surface area contributed by atoms with E-state index in [9.17, 15) is 14.7 Å². The number of ether oxygens (including phenoxy) is 1. The highest BCUT2D eigenvalue weighted by molar-refractivity contribution is 5.90. The molecule has 1 aromatic heterocycles. The van der Waals surface area contributed by atoms with Gasteiger partial charge in [-0.25, -0.2) is 4.68 Å². The number of carbonyl (C=O) groups excluding carboxylic acids is 2. The third-order valence-electron chi connectivity index (χ3n) is 6.17. The Morgan fingerprint density at radius 1 is 1.32 bits per heavy atom. The van der Waals surface area contributed by atoms with Gasteiger partial charge in [0.25, 0.3) is 0 Å². The lowest BCUT2D eigenvalue weighted by Gasteiger charge is -2.34. The van der Waals surface area contributed by atoms with Gasteiger partial charge in [0.15, 0.2) is 0 Å². The highest BCUT2D eigenvalue weighted by atomic mass is 16.5. The minimum absolute atomic E-state index is 0.123. The molecule has 174 valence electrons. The first-order valence-electron chi connectivity index (χ1n) is 11.1. The van der Waals surface area contributed by atoms with Gasteiger partial charge in [-0.2, -0.15) is 0 Å². The number of hydrogen-bond acceptors (Lipinski definition) is 7. The molecule has 2 unspecified atom stereocenters. The van der Waals surface area contributed by atoms with Gasteiger partial charge in [0.1, 0.15) is 17.8 Å². The number of aliphatic hydroxyl groups is 1. The van der Waals surface area contributed by atoms with Gasteiger partial charge >= 0.3 is 0 Å². The van der Waals surface area contributed by atoms with Gasteiger partial charge in [-0.1, -0.05) is 26.0 Å². The van der Waals surface area contributed by atoms with Crippen molar-refractivity contribution in [2.45, 2.75) is 89.8 Å². The first kappa shape index (κ1) is 23.6. The molecule has 0 spiro atoms. The zero-order valence-electron chi connectivity index (χ0n) is 19.0. The van der Waals surface area contributed by atoms with Gasteiger partial charge in [-0.05, 0) is 31.1 Å². The molecule has 1 aliphatic carbocycles. The summed E-state index contributed by atoms with van der Waals surface area (Å²) in [6, 6.07) is -1.10. The Balaban J connectivity index is 1.73. The summed E-state index contributed by atoms with van der Waals surface area (Å²) in [5.41, 5.74) is 6.12. The van der Waals surface area contributed by atoms with Crippen LogP contribution in [0.4, 0.5) is 0 Å². The number of likely N-dealkylation sites (N-methyl/N-ethyl adjacent to an activating group) is 1. The molecule has 0 aromatic carbocycles. The van der Waals surface area contributed by atoms with E-state index in [0.29, 0.717) is 12.3 Å². The molecule has 1 aliphatic heterocycles. The summed E-state index contributed by atoms with van der Waals surface area (Å²) in [4.78, 5) is 27.2. The molecule has 2 aliphatic rings. The van der Waals surface area contributed by atoms with Crippen LogP contribution in [0.15, 0.2) is 6.20 Å². The third kappa shape index (κ3) is 5.61. The van der Waals surface area contributed by atoms with Crippen LogP contribution in [0, 0.1) is 5.41 Å². The number of nitrogens with zero attached hydrogens (tertiary/aromatic N) is 4. The molecular formula is C21H36N6O4. The molecule has 4 N–H and O–H groups in total. The second-order valence-electron chi connectivity index (χ2n) is 9.82. The van der Waals surface area contributed by atoms with Crippen molar-refractivity contribution < 1.29 is 19.4 Å². The van der Waals surface area contributed by atoms with Crippen LogP contribution in [-0.2, 0) is 20.9 Å². The van der Waals surface area contributed by atoms with E-state index in [2.05, 4.69) is 15.6 Å². The Morgan fingerprint density at radius 3 is 2.61 bits per heavy atom. The lowest BCUT2D eigenvalue weighted by atomic mass is 9.85. The number of β-amino-alcohol motifs (C(OH)–C–C–N with tert-alkyl or cyclic N) is 1. The molecule has 3 atom stereocenters. The second-order valence-corrected chi connectivity index (χ2v) is 9.82. The summed E-state index contributed by atoms with van der Waals surface area (Å²) < 4.78 is 7.54. The number of amides is 2. The van der Waals surface area contributed by atoms with Gasteiger partial charge in [0.2, 0.25) is 11.8 Å². The molecule has 0 radical (unpaired) electrons. The normalized spacial score (nSPS) is 27.9. The number of aliphatic hydroxyl groups excluding tert-OH is 1. The number of nitrogens with one attached hydrogen (secondary N) is 1. The fourth-order valence-corrected chi connectivity index (χ4v) is 4.47. The molecular weight excluding hydrogens is 400 g/mol. The van der Waals surface area contributed by atoms with Crippen molar-refractivity contribution in [2.24, 2.45) is 11.1 Å². The smallest absolute Gasteiger partial charge is 0.248 e. The van der Waals surface area contributed by atoms with Crippen LogP contribution in [0.3, 0.4) is 0 Å². The Kier molecular flexibility index (Phi) is 7.33. The van der Waals surface area contributed by atoms with Crippen LogP contribution in [0.2, 0.25) is 0 Å². The molecule has 0 bridgehead atoms. The fourth-order valence-electron chi connectivity index (χ4n) is 4.47. The maximum Gasteiger partial charge on any atom is 0.248 e. The van der Waals surface area contributed by atoms with Crippen molar-refractivity contribution in [3.63, 3.8) is 0 Å². The number of aromatic nitrogens is 3. The molecule has 2 heterocycles. The zero-order chi connectivity index (χ0) is 22.8. The molecule has 1 saturated carbocycles. The molecule has 10 heteroatoms. The highest BCUT2D eigenvalue weighted by Gasteiger charge is 2.45. The van der Waals surface area contributed by atoms with Crippen molar-refractivity contribution in [3.05, 3.63) is 11.9 Å². The Bertz CT molecular complexity index is 768. The van der Waals surface area contributed by atoms with Crippen LogP contribution in [-0.4, -0.2) is 74.7 Å². The largest absolute Gasteiger partial charge is 0.391 e. The van der Waals surface area contributed by atoms with E-state index in [-0.39, 0.29) is 36.9 Å². The fraction of sp³-hybridized carbons (Fsp3) is 0.810. The average Bonchev–Trinajstić information content (AvgIpc) is 3.32. The minimum atomic E-state index is -0.727. The van der Waals surface area contributed by atoms with Crippen molar-refractivity contribution in [3.8, 4) is 0 Å². The van der Waals surface area contributed by atoms with Crippen LogP contribution in [0.5, 0.6) is 0 Å². The lowest BCUT2D eigenvalue weighted by Crippen LogP contribution is -2.49. The van der Waals surface area contributed by atoms with Gasteiger partial charge < -0.3 is 25.8 Å². The maximum atomic E-state index is 13.5. The number of carbonyl (C=O) groups is 2. The van der Waals surface area contributed by atoms with Gasteiger partial charge in [0, 0.05) is 26.1 Å². The highest BCUT2D eigenvalue weighted by Crippen LogP contribution is 2.34. The Labute approximate surface area is 183 Å². The number of hydrogen-bond donors (Lipinski definition) is 3. The SMILES string of the molecule is CNC(=O)C1CC(O)CN1C(=O)[C@@H](n1cc(COC2CCC(N)CC2)nn1)C(C)(C)C. The molecule has 3 rings (SSSR count). The zero-order valence-corrected chi connectivity index (χ0v) is 19.0. The van der Waals surface area contributed by atoms with E-state index in [1.54, 1.807) is 10.9 Å². The predicted octanol–water partition coefficient (Wildman–Crippen LogP) is 0.360. The Hall–Kier alpha value is -2.04. The molecule has 2 amide bonds. The quantitative estimate of drug-likeness (QED) is 0.586. The van der Waals surface area contributed by atoms with Crippen molar-refractivity contribution in [2.75, 3.05) is 13.6 Å². The summed E-state index contributed by atoms with van der Waals surface area (Å²) in [5.74, 6) is -0.534. The third-order valence-corrected chi connectivity index (χ3v) is 6.17. The lowest BCUT2D eigenvalue weighted by molar-refractivity contribution is -0.144. The summed E-state index contributed by atoms with van der Waals surface area (Å²) in [7, 11) is 1.53.